The molecular formula is C9H4ClO2-. The fraction of sp³-hybridized carbons (Fsp3) is 0. The zero-order valence-electron chi connectivity index (χ0n) is 6.00. The number of benzene rings is 1. The van der Waals surface area contributed by atoms with Gasteiger partial charge >= 0.3 is 0 Å². The molecule has 2 nitrogen and oxygen atoms in total. The summed E-state index contributed by atoms with van der Waals surface area (Å²) in [6, 6.07) is 6.55. The molecule has 0 aromatic heterocycles. The largest absolute Gasteiger partial charge is 0.537 e. The van der Waals surface area contributed by atoms with Crippen molar-refractivity contribution in [2.45, 2.75) is 0 Å². The summed E-state index contributed by atoms with van der Waals surface area (Å²) in [5.74, 6) is 2.91. The molecule has 0 saturated heterocycles. The maximum absolute atomic E-state index is 9.93. The molecule has 60 valence electrons. The van der Waals surface area contributed by atoms with Gasteiger partial charge in [-0.05, 0) is 30.2 Å². The summed E-state index contributed by atoms with van der Waals surface area (Å²) >= 11 is 5.60. The minimum atomic E-state index is -1.38. The third-order valence-electron chi connectivity index (χ3n) is 1.15. The Morgan fingerprint density at radius 2 is 1.92 bits per heavy atom. The van der Waals surface area contributed by atoms with E-state index in [-0.39, 0.29) is 0 Å². The van der Waals surface area contributed by atoms with Crippen LogP contribution in [0.3, 0.4) is 0 Å². The van der Waals surface area contributed by atoms with Crippen LogP contribution < -0.4 is 5.11 Å². The van der Waals surface area contributed by atoms with Crippen LogP contribution in [0.5, 0.6) is 0 Å². The number of rotatable bonds is 0. The minimum Gasteiger partial charge on any atom is -0.537 e. The van der Waals surface area contributed by atoms with Crippen LogP contribution in [0.15, 0.2) is 24.3 Å². The van der Waals surface area contributed by atoms with E-state index in [9.17, 15) is 9.90 Å². The third-order valence-corrected chi connectivity index (χ3v) is 1.41. The number of hydrogen-bond donors (Lipinski definition) is 0. The Labute approximate surface area is 74.8 Å². The molecule has 0 spiro atoms. The molecule has 0 aliphatic rings. The van der Waals surface area contributed by atoms with Gasteiger partial charge in [0, 0.05) is 10.6 Å². The summed E-state index contributed by atoms with van der Waals surface area (Å²) in [6.07, 6.45) is 0. The molecule has 0 unspecified atom stereocenters. The van der Waals surface area contributed by atoms with Crippen LogP contribution in [-0.4, -0.2) is 5.97 Å². The van der Waals surface area contributed by atoms with E-state index in [1.54, 1.807) is 24.3 Å². The van der Waals surface area contributed by atoms with Crippen LogP contribution in [0.25, 0.3) is 0 Å². The molecule has 0 bridgehead atoms. The Kier molecular flexibility index (Phi) is 2.73. The number of hydrogen-bond acceptors (Lipinski definition) is 2. The van der Waals surface area contributed by atoms with Crippen molar-refractivity contribution in [1.29, 1.82) is 0 Å². The predicted octanol–water partition coefficient (Wildman–Crippen LogP) is 0.441. The normalized spacial score (nSPS) is 8.42. The van der Waals surface area contributed by atoms with Gasteiger partial charge in [0.1, 0.15) is 5.97 Å². The van der Waals surface area contributed by atoms with Gasteiger partial charge in [-0.15, -0.1) is 0 Å². The number of halogens is 1. The molecule has 0 heterocycles. The molecule has 0 N–H and O–H groups in total. The fourth-order valence-electron chi connectivity index (χ4n) is 0.656. The summed E-state index contributed by atoms with van der Waals surface area (Å²) in [7, 11) is 0. The number of carboxylic acid groups (broad SMARTS) is 1. The highest BCUT2D eigenvalue weighted by molar-refractivity contribution is 6.30. The smallest absolute Gasteiger partial charge is 0.116 e. The van der Waals surface area contributed by atoms with E-state index in [1.807, 2.05) is 5.92 Å². The maximum Gasteiger partial charge on any atom is 0.116 e. The Morgan fingerprint density at radius 1 is 1.33 bits per heavy atom. The molecule has 0 atom stereocenters. The quantitative estimate of drug-likeness (QED) is 0.543. The lowest BCUT2D eigenvalue weighted by Gasteiger charge is -1.90. The Balaban J connectivity index is 2.86. The molecule has 0 saturated carbocycles. The van der Waals surface area contributed by atoms with Gasteiger partial charge in [0.25, 0.3) is 0 Å². The second kappa shape index (κ2) is 3.80. The van der Waals surface area contributed by atoms with Gasteiger partial charge < -0.3 is 9.90 Å². The lowest BCUT2D eigenvalue weighted by molar-refractivity contribution is -0.295. The Morgan fingerprint density at radius 3 is 2.42 bits per heavy atom. The van der Waals surface area contributed by atoms with Crippen molar-refractivity contribution < 1.29 is 9.90 Å². The molecule has 0 radical (unpaired) electrons. The Hall–Kier alpha value is -1.46. The van der Waals surface area contributed by atoms with E-state index in [2.05, 4.69) is 5.92 Å². The van der Waals surface area contributed by atoms with E-state index >= 15 is 0 Å². The van der Waals surface area contributed by atoms with Crippen molar-refractivity contribution in [1.82, 2.24) is 0 Å². The van der Waals surface area contributed by atoms with Crippen molar-refractivity contribution >= 4 is 17.6 Å². The highest BCUT2D eigenvalue weighted by Crippen LogP contribution is 2.07. The number of carboxylic acids is 1. The third kappa shape index (κ3) is 2.65. The summed E-state index contributed by atoms with van der Waals surface area (Å²) in [4.78, 5) is 9.93. The van der Waals surface area contributed by atoms with Gasteiger partial charge in [0.2, 0.25) is 0 Å². The molecule has 0 aliphatic carbocycles. The summed E-state index contributed by atoms with van der Waals surface area (Å²) < 4.78 is 0. The number of carbonyl (C=O) groups excluding carboxylic acids is 1. The monoisotopic (exact) mass is 179 g/mol. The lowest BCUT2D eigenvalue weighted by atomic mass is 10.2. The van der Waals surface area contributed by atoms with Crippen LogP contribution >= 0.6 is 11.6 Å². The Bertz CT molecular complexity index is 343. The average molecular weight is 180 g/mol. The van der Waals surface area contributed by atoms with Crippen LogP contribution in [0, 0.1) is 11.8 Å². The van der Waals surface area contributed by atoms with E-state index in [4.69, 9.17) is 11.6 Å². The average Bonchev–Trinajstić information content (AvgIpc) is 2.03. The van der Waals surface area contributed by atoms with E-state index in [0.717, 1.165) is 0 Å². The maximum atomic E-state index is 9.93. The first-order chi connectivity index (χ1) is 5.68. The number of aliphatic carboxylic acids is 1. The second-order valence-electron chi connectivity index (χ2n) is 2.04. The molecular weight excluding hydrogens is 176 g/mol. The zero-order valence-corrected chi connectivity index (χ0v) is 6.76. The van der Waals surface area contributed by atoms with Crippen molar-refractivity contribution in [2.75, 3.05) is 0 Å². The summed E-state index contributed by atoms with van der Waals surface area (Å²) in [5.41, 5.74) is 0.601. The second-order valence-corrected chi connectivity index (χ2v) is 2.48. The van der Waals surface area contributed by atoms with Gasteiger partial charge in [-0.1, -0.05) is 17.5 Å². The summed E-state index contributed by atoms with van der Waals surface area (Å²) in [6.45, 7) is 0. The molecule has 0 fully saturated rings. The van der Waals surface area contributed by atoms with Crippen LogP contribution in [0.2, 0.25) is 5.02 Å². The standard InChI is InChI=1S/C9H5ClO2/c10-8-4-1-7(2-5-8)3-6-9(11)12/h1-2,4-5H,(H,11,12)/p-1. The summed E-state index contributed by atoms with van der Waals surface area (Å²) in [5, 5.41) is 10.5. The first-order valence-corrected chi connectivity index (χ1v) is 3.55. The van der Waals surface area contributed by atoms with Crippen molar-refractivity contribution in [3.8, 4) is 11.8 Å². The SMILES string of the molecule is O=C([O-])C#Cc1ccc(Cl)cc1. The highest BCUT2D eigenvalue weighted by atomic mass is 35.5. The van der Waals surface area contributed by atoms with Crippen LogP contribution in [0.4, 0.5) is 0 Å². The fourth-order valence-corrected chi connectivity index (χ4v) is 0.782. The van der Waals surface area contributed by atoms with E-state index < -0.39 is 5.97 Å². The highest BCUT2D eigenvalue weighted by Gasteiger charge is 1.86. The first-order valence-electron chi connectivity index (χ1n) is 3.17. The molecule has 12 heavy (non-hydrogen) atoms. The van der Waals surface area contributed by atoms with Gasteiger partial charge in [0.05, 0.1) is 0 Å². The molecule has 3 heteroatoms. The minimum absolute atomic E-state index is 0.592. The molecule has 1 aromatic carbocycles. The van der Waals surface area contributed by atoms with Gasteiger partial charge in [0.15, 0.2) is 0 Å². The predicted molar refractivity (Wildman–Crippen MR) is 43.3 cm³/mol. The molecule has 1 rings (SSSR count). The van der Waals surface area contributed by atoms with Gasteiger partial charge in [-0.25, -0.2) is 0 Å². The van der Waals surface area contributed by atoms with E-state index in [0.29, 0.717) is 10.6 Å². The molecule has 0 aliphatic heterocycles. The van der Waals surface area contributed by atoms with Gasteiger partial charge in [-0.3, -0.25) is 0 Å². The first kappa shape index (κ1) is 8.63. The van der Waals surface area contributed by atoms with Gasteiger partial charge in [-0.2, -0.15) is 0 Å². The van der Waals surface area contributed by atoms with Crippen LogP contribution in [-0.2, 0) is 4.79 Å². The van der Waals surface area contributed by atoms with Crippen molar-refractivity contribution in [3.63, 3.8) is 0 Å². The van der Waals surface area contributed by atoms with Crippen molar-refractivity contribution in [2.24, 2.45) is 0 Å². The zero-order chi connectivity index (χ0) is 8.97. The molecule has 0 amide bonds. The number of carbonyl (C=O) groups is 1. The van der Waals surface area contributed by atoms with E-state index in [1.165, 1.54) is 0 Å². The topological polar surface area (TPSA) is 40.1 Å². The van der Waals surface area contributed by atoms with Crippen LogP contribution in [0.1, 0.15) is 5.56 Å². The van der Waals surface area contributed by atoms with Crippen molar-refractivity contribution in [3.05, 3.63) is 34.9 Å². The lowest BCUT2D eigenvalue weighted by Crippen LogP contribution is -2.19. The molecule has 1 aromatic rings.